The van der Waals surface area contributed by atoms with Gasteiger partial charge in [0.2, 0.25) is 0 Å². The Morgan fingerprint density at radius 1 is 1.37 bits per heavy atom. The van der Waals surface area contributed by atoms with Gasteiger partial charge >= 0.3 is 5.97 Å². The Bertz CT molecular complexity index is 648. The van der Waals surface area contributed by atoms with Crippen LogP contribution in [0, 0.1) is 0 Å². The number of aromatic nitrogens is 1. The molecular formula is C12H8Br2ClNO3. The average molecular weight is 409 g/mol. The molecule has 4 nitrogen and oxygen atoms in total. The van der Waals surface area contributed by atoms with Crippen molar-refractivity contribution in [2.24, 2.45) is 0 Å². The first-order chi connectivity index (χ1) is 8.99. The van der Waals surface area contributed by atoms with Crippen LogP contribution in [-0.4, -0.2) is 22.7 Å². The molecule has 0 radical (unpaired) electrons. The van der Waals surface area contributed by atoms with Gasteiger partial charge in [0, 0.05) is 9.86 Å². The molecule has 0 bridgehead atoms. The lowest BCUT2D eigenvalue weighted by Gasteiger charge is -2.11. The lowest BCUT2D eigenvalue weighted by atomic mass is 10.2. The van der Waals surface area contributed by atoms with Crippen molar-refractivity contribution in [3.05, 3.63) is 32.3 Å². The normalized spacial score (nSPS) is 10.7. The lowest BCUT2D eigenvalue weighted by molar-refractivity contribution is -0.137. The van der Waals surface area contributed by atoms with E-state index >= 15 is 0 Å². The number of fused-ring (bicyclic) bond motifs is 1. The number of hydrogen-bond donors (Lipinski definition) is 1. The van der Waals surface area contributed by atoms with E-state index in [-0.39, 0.29) is 13.0 Å². The van der Waals surface area contributed by atoms with E-state index in [9.17, 15) is 4.79 Å². The van der Waals surface area contributed by atoms with Crippen LogP contribution in [0.2, 0.25) is 5.15 Å². The molecule has 1 aromatic heterocycles. The van der Waals surface area contributed by atoms with Crippen LogP contribution < -0.4 is 4.74 Å². The van der Waals surface area contributed by atoms with Crippen LogP contribution >= 0.6 is 43.5 Å². The molecule has 0 unspecified atom stereocenters. The summed E-state index contributed by atoms with van der Waals surface area (Å²) in [6, 6.07) is 5.34. The third kappa shape index (κ3) is 3.38. The summed E-state index contributed by atoms with van der Waals surface area (Å²) in [6.45, 7) is 0.0683. The molecule has 0 atom stereocenters. The highest BCUT2D eigenvalue weighted by Gasteiger charge is 2.13. The number of halogens is 3. The van der Waals surface area contributed by atoms with Gasteiger partial charge in [0.05, 0.1) is 17.5 Å². The van der Waals surface area contributed by atoms with E-state index in [1.54, 1.807) is 6.07 Å². The van der Waals surface area contributed by atoms with E-state index < -0.39 is 5.97 Å². The number of benzene rings is 1. The zero-order valence-electron chi connectivity index (χ0n) is 9.49. The van der Waals surface area contributed by atoms with Gasteiger partial charge in [0.1, 0.15) is 10.7 Å². The first-order valence-corrected chi connectivity index (χ1v) is 7.24. The Kier molecular flexibility index (Phi) is 4.65. The fourth-order valence-electron chi connectivity index (χ4n) is 1.55. The van der Waals surface area contributed by atoms with Crippen molar-refractivity contribution in [1.29, 1.82) is 0 Å². The third-order valence-electron chi connectivity index (χ3n) is 2.37. The minimum absolute atomic E-state index is 0.0683. The van der Waals surface area contributed by atoms with E-state index in [1.807, 2.05) is 12.1 Å². The monoisotopic (exact) mass is 407 g/mol. The number of hydrogen-bond acceptors (Lipinski definition) is 3. The van der Waals surface area contributed by atoms with Crippen LogP contribution in [0.5, 0.6) is 5.75 Å². The molecule has 0 aliphatic heterocycles. The summed E-state index contributed by atoms with van der Waals surface area (Å²) in [4.78, 5) is 14.7. The minimum atomic E-state index is -0.913. The first-order valence-electron chi connectivity index (χ1n) is 5.28. The Balaban J connectivity index is 2.46. The topological polar surface area (TPSA) is 59.4 Å². The zero-order chi connectivity index (χ0) is 14.0. The number of pyridine rings is 1. The highest BCUT2D eigenvalue weighted by atomic mass is 79.9. The quantitative estimate of drug-likeness (QED) is 0.767. The van der Waals surface area contributed by atoms with Crippen molar-refractivity contribution < 1.29 is 14.6 Å². The molecule has 0 aliphatic rings. The first kappa shape index (κ1) is 14.6. The summed E-state index contributed by atoms with van der Waals surface area (Å²) in [5.41, 5.74) is 0.583. The van der Waals surface area contributed by atoms with E-state index in [1.165, 1.54) is 0 Å². The maximum atomic E-state index is 10.5. The molecule has 100 valence electrons. The van der Waals surface area contributed by atoms with Gasteiger partial charge in [0.15, 0.2) is 5.75 Å². The van der Waals surface area contributed by atoms with Crippen LogP contribution in [0.4, 0.5) is 0 Å². The van der Waals surface area contributed by atoms with Crippen molar-refractivity contribution in [3.8, 4) is 5.75 Å². The van der Waals surface area contributed by atoms with E-state index in [2.05, 4.69) is 36.8 Å². The summed E-state index contributed by atoms with van der Waals surface area (Å²) < 4.78 is 7.04. The van der Waals surface area contributed by atoms with Crippen LogP contribution in [0.25, 0.3) is 10.9 Å². The number of carboxylic acids is 1. The average Bonchev–Trinajstić information content (AvgIpc) is 2.32. The van der Waals surface area contributed by atoms with Gasteiger partial charge in [-0.25, -0.2) is 4.98 Å². The molecule has 0 spiro atoms. The van der Waals surface area contributed by atoms with Crippen molar-refractivity contribution in [2.75, 3.05) is 6.61 Å². The molecule has 2 rings (SSSR count). The molecule has 0 amide bonds. The Labute approximate surface area is 131 Å². The van der Waals surface area contributed by atoms with Crippen molar-refractivity contribution in [3.63, 3.8) is 0 Å². The third-order valence-corrected chi connectivity index (χ3v) is 3.82. The van der Waals surface area contributed by atoms with Crippen LogP contribution in [0.3, 0.4) is 0 Å². The molecule has 2 aromatic rings. The summed E-state index contributed by atoms with van der Waals surface area (Å²) in [7, 11) is 0. The van der Waals surface area contributed by atoms with E-state index in [4.69, 9.17) is 21.4 Å². The highest BCUT2D eigenvalue weighted by Crippen LogP contribution is 2.38. The molecule has 1 N–H and O–H groups in total. The Morgan fingerprint density at radius 2 is 2.11 bits per heavy atom. The minimum Gasteiger partial charge on any atom is -0.489 e. The van der Waals surface area contributed by atoms with Crippen molar-refractivity contribution in [1.82, 2.24) is 4.98 Å². The van der Waals surface area contributed by atoms with Gasteiger partial charge in [-0.1, -0.05) is 27.5 Å². The molecule has 0 saturated carbocycles. The Hall–Kier alpha value is -0.850. The fourth-order valence-corrected chi connectivity index (χ4v) is 3.08. The lowest BCUT2D eigenvalue weighted by Crippen LogP contribution is -2.05. The number of carboxylic acid groups (broad SMARTS) is 1. The summed E-state index contributed by atoms with van der Waals surface area (Å²) >= 11 is 12.7. The fraction of sp³-hybridized carbons (Fsp3) is 0.167. The van der Waals surface area contributed by atoms with E-state index in [0.717, 1.165) is 9.86 Å². The SMILES string of the molecule is O=C(O)CCOc1c(Br)cc(Br)c2ccc(Cl)nc12. The number of ether oxygens (including phenoxy) is 1. The van der Waals surface area contributed by atoms with Gasteiger partial charge in [-0.3, -0.25) is 4.79 Å². The molecule has 19 heavy (non-hydrogen) atoms. The van der Waals surface area contributed by atoms with Crippen LogP contribution in [0.15, 0.2) is 27.1 Å². The predicted molar refractivity (Wildman–Crippen MR) is 79.9 cm³/mol. The second-order valence-corrected chi connectivity index (χ2v) is 5.79. The van der Waals surface area contributed by atoms with Crippen LogP contribution in [0.1, 0.15) is 6.42 Å². The van der Waals surface area contributed by atoms with Gasteiger partial charge in [-0.2, -0.15) is 0 Å². The number of aliphatic carboxylic acids is 1. The molecule has 0 aliphatic carbocycles. The van der Waals surface area contributed by atoms with Gasteiger partial charge < -0.3 is 9.84 Å². The van der Waals surface area contributed by atoms with Gasteiger partial charge in [-0.15, -0.1) is 0 Å². The van der Waals surface area contributed by atoms with Crippen LogP contribution in [-0.2, 0) is 4.79 Å². The number of rotatable bonds is 4. The largest absolute Gasteiger partial charge is 0.489 e. The van der Waals surface area contributed by atoms with Gasteiger partial charge in [0.25, 0.3) is 0 Å². The molecule has 1 aromatic carbocycles. The van der Waals surface area contributed by atoms with Crippen molar-refractivity contribution in [2.45, 2.75) is 6.42 Å². The maximum Gasteiger partial charge on any atom is 0.306 e. The number of carbonyl (C=O) groups is 1. The Morgan fingerprint density at radius 3 is 2.79 bits per heavy atom. The summed E-state index contributed by atoms with van der Waals surface area (Å²) in [5.74, 6) is -0.425. The van der Waals surface area contributed by atoms with E-state index in [0.29, 0.717) is 20.9 Å². The standard InChI is InChI=1S/C12H8Br2ClNO3/c13-7-5-8(14)12(19-4-3-10(17)18)11-6(7)1-2-9(15)16-11/h1-2,5H,3-4H2,(H,17,18). The molecule has 0 saturated heterocycles. The number of nitrogens with zero attached hydrogens (tertiary/aromatic N) is 1. The predicted octanol–water partition coefficient (Wildman–Crippen LogP) is 4.27. The second kappa shape index (κ2) is 6.07. The zero-order valence-corrected chi connectivity index (χ0v) is 13.4. The smallest absolute Gasteiger partial charge is 0.306 e. The van der Waals surface area contributed by atoms with Gasteiger partial charge in [-0.05, 0) is 34.1 Å². The highest BCUT2D eigenvalue weighted by molar-refractivity contribution is 9.11. The molecule has 1 heterocycles. The second-order valence-electron chi connectivity index (χ2n) is 3.69. The molecule has 7 heteroatoms. The molecule has 0 fully saturated rings. The maximum absolute atomic E-state index is 10.5. The summed E-state index contributed by atoms with van der Waals surface area (Å²) in [6.07, 6.45) is -0.0788. The van der Waals surface area contributed by atoms with Crippen molar-refractivity contribution >= 4 is 60.3 Å². The summed E-state index contributed by atoms with van der Waals surface area (Å²) in [5, 5.41) is 9.82. The molecular weight excluding hydrogens is 401 g/mol.